The van der Waals surface area contributed by atoms with Gasteiger partial charge in [-0.3, -0.25) is 9.89 Å². The van der Waals surface area contributed by atoms with Crippen LogP contribution in [0.3, 0.4) is 0 Å². The molecule has 0 saturated carbocycles. The Kier molecular flexibility index (Phi) is 5.47. The first kappa shape index (κ1) is 18.0. The van der Waals surface area contributed by atoms with Crippen LogP contribution in [0, 0.1) is 6.92 Å². The summed E-state index contributed by atoms with van der Waals surface area (Å²) in [5.41, 5.74) is 2.21. The normalized spacial score (nSPS) is 22.0. The molecule has 2 aromatic rings. The predicted molar refractivity (Wildman–Crippen MR) is 101 cm³/mol. The highest BCUT2D eigenvalue weighted by atomic mass is 32.2. The fourth-order valence-electron chi connectivity index (χ4n) is 3.41. The minimum absolute atomic E-state index is 0.186. The summed E-state index contributed by atoms with van der Waals surface area (Å²) >= 11 is 1.42. The van der Waals surface area contributed by atoms with Gasteiger partial charge in [0.2, 0.25) is 11.1 Å². The Labute approximate surface area is 153 Å². The van der Waals surface area contributed by atoms with Crippen LogP contribution in [0.25, 0.3) is 11.4 Å². The van der Waals surface area contributed by atoms with Crippen molar-refractivity contribution in [3.05, 3.63) is 29.8 Å². The molecular formula is C19H26N4OS. The highest BCUT2D eigenvalue weighted by molar-refractivity contribution is 8.00. The lowest BCUT2D eigenvalue weighted by molar-refractivity contribution is -0.136. The van der Waals surface area contributed by atoms with Crippen LogP contribution in [0.4, 0.5) is 0 Å². The van der Waals surface area contributed by atoms with Gasteiger partial charge in [-0.25, -0.2) is 4.98 Å². The van der Waals surface area contributed by atoms with Crippen molar-refractivity contribution >= 4 is 17.7 Å². The van der Waals surface area contributed by atoms with E-state index >= 15 is 0 Å². The number of aromatic nitrogens is 3. The van der Waals surface area contributed by atoms with Crippen molar-refractivity contribution in [1.82, 2.24) is 20.1 Å². The van der Waals surface area contributed by atoms with E-state index in [0.29, 0.717) is 17.2 Å². The largest absolute Gasteiger partial charge is 0.336 e. The molecule has 1 aromatic carbocycles. The predicted octanol–water partition coefficient (Wildman–Crippen LogP) is 4.05. The van der Waals surface area contributed by atoms with Crippen molar-refractivity contribution in [2.24, 2.45) is 0 Å². The summed E-state index contributed by atoms with van der Waals surface area (Å²) in [7, 11) is 0. The maximum Gasteiger partial charge on any atom is 0.236 e. The highest BCUT2D eigenvalue weighted by Gasteiger charge is 2.32. The molecule has 2 heterocycles. The van der Waals surface area contributed by atoms with Gasteiger partial charge in [0.25, 0.3) is 0 Å². The van der Waals surface area contributed by atoms with Crippen molar-refractivity contribution in [2.45, 2.75) is 69.4 Å². The molecule has 1 aromatic heterocycles. The third kappa shape index (κ3) is 4.06. The highest BCUT2D eigenvalue weighted by Crippen LogP contribution is 2.28. The standard InChI is InChI=1S/C19H26N4OS/c1-12-8-10-16(11-9-12)17-20-19(22-21-17)25-15(4)18(24)23-13(2)6-5-7-14(23)3/h8-11,13-15H,5-7H2,1-4H3,(H,20,21,22)/t13-,14-,15-/m0/s1. The number of hydrogen-bond donors (Lipinski definition) is 1. The number of carbonyl (C=O) groups excluding carboxylic acids is 1. The second kappa shape index (κ2) is 7.60. The molecule has 0 bridgehead atoms. The summed E-state index contributed by atoms with van der Waals surface area (Å²) in [6.07, 6.45) is 3.38. The number of carbonyl (C=O) groups is 1. The zero-order valence-electron chi connectivity index (χ0n) is 15.3. The molecular weight excluding hydrogens is 332 g/mol. The summed E-state index contributed by atoms with van der Waals surface area (Å²) in [5, 5.41) is 7.68. The number of aromatic amines is 1. The van der Waals surface area contributed by atoms with Crippen molar-refractivity contribution in [1.29, 1.82) is 0 Å². The van der Waals surface area contributed by atoms with Gasteiger partial charge in [-0.15, -0.1) is 5.10 Å². The van der Waals surface area contributed by atoms with Gasteiger partial charge in [0, 0.05) is 17.6 Å². The zero-order chi connectivity index (χ0) is 18.0. The molecule has 1 fully saturated rings. The maximum atomic E-state index is 12.9. The Morgan fingerprint density at radius 3 is 2.52 bits per heavy atom. The van der Waals surface area contributed by atoms with E-state index in [1.807, 2.05) is 19.1 Å². The van der Waals surface area contributed by atoms with Crippen molar-refractivity contribution in [3.8, 4) is 11.4 Å². The number of amides is 1. The fourth-order valence-corrected chi connectivity index (χ4v) is 4.19. The zero-order valence-corrected chi connectivity index (χ0v) is 16.1. The van der Waals surface area contributed by atoms with Crippen LogP contribution in [-0.4, -0.2) is 43.3 Å². The van der Waals surface area contributed by atoms with Crippen LogP contribution in [0.5, 0.6) is 0 Å². The number of aryl methyl sites for hydroxylation is 1. The molecule has 1 aliphatic heterocycles. The van der Waals surface area contributed by atoms with Crippen LogP contribution in [0.15, 0.2) is 29.4 Å². The summed E-state index contributed by atoms with van der Waals surface area (Å²) in [4.78, 5) is 19.5. The SMILES string of the molecule is Cc1ccc(-c2nc(S[C@@H](C)C(=O)N3[C@@H](C)CCC[C@@H]3C)n[nH]2)cc1. The lowest BCUT2D eigenvalue weighted by atomic mass is 9.97. The molecule has 3 rings (SSSR count). The molecule has 0 radical (unpaired) electrons. The van der Waals surface area contributed by atoms with E-state index in [2.05, 4.69) is 53.0 Å². The molecule has 0 unspecified atom stereocenters. The molecule has 5 nitrogen and oxygen atoms in total. The van der Waals surface area contributed by atoms with E-state index in [-0.39, 0.29) is 11.2 Å². The van der Waals surface area contributed by atoms with Crippen LogP contribution in [0.1, 0.15) is 45.6 Å². The minimum Gasteiger partial charge on any atom is -0.336 e. The average molecular weight is 359 g/mol. The first-order valence-corrected chi connectivity index (χ1v) is 9.82. The average Bonchev–Trinajstić information content (AvgIpc) is 3.03. The molecule has 3 atom stereocenters. The lowest BCUT2D eigenvalue weighted by Gasteiger charge is -2.40. The molecule has 1 N–H and O–H groups in total. The number of likely N-dealkylation sites (tertiary alicyclic amines) is 1. The smallest absolute Gasteiger partial charge is 0.236 e. The van der Waals surface area contributed by atoms with Gasteiger partial charge >= 0.3 is 0 Å². The number of H-pyrrole nitrogens is 1. The van der Waals surface area contributed by atoms with E-state index in [4.69, 9.17) is 0 Å². The molecule has 1 aliphatic rings. The van der Waals surface area contributed by atoms with Crippen molar-refractivity contribution < 1.29 is 4.79 Å². The number of thioether (sulfide) groups is 1. The summed E-state index contributed by atoms with van der Waals surface area (Å²) in [6.45, 7) is 8.30. The first-order chi connectivity index (χ1) is 12.0. The van der Waals surface area contributed by atoms with Crippen LogP contribution in [0.2, 0.25) is 0 Å². The van der Waals surface area contributed by atoms with Crippen molar-refractivity contribution in [2.75, 3.05) is 0 Å². The van der Waals surface area contributed by atoms with Gasteiger partial charge in [-0.1, -0.05) is 41.6 Å². The van der Waals surface area contributed by atoms with Gasteiger partial charge in [0.05, 0.1) is 5.25 Å². The second-order valence-electron chi connectivity index (χ2n) is 6.97. The summed E-state index contributed by atoms with van der Waals surface area (Å²) in [5.74, 6) is 0.924. The Balaban J connectivity index is 1.67. The molecule has 0 aliphatic carbocycles. The third-order valence-corrected chi connectivity index (χ3v) is 5.82. The molecule has 134 valence electrons. The van der Waals surface area contributed by atoms with Crippen LogP contribution in [-0.2, 0) is 4.79 Å². The Bertz CT molecular complexity index is 717. The van der Waals surface area contributed by atoms with Gasteiger partial charge < -0.3 is 4.90 Å². The molecule has 25 heavy (non-hydrogen) atoms. The minimum atomic E-state index is -0.190. The quantitative estimate of drug-likeness (QED) is 0.838. The van der Waals surface area contributed by atoms with Gasteiger partial charge in [-0.2, -0.15) is 0 Å². The molecule has 0 spiro atoms. The third-order valence-electron chi connectivity index (χ3n) is 4.87. The number of rotatable bonds is 4. The van der Waals surface area contributed by atoms with Gasteiger partial charge in [0.15, 0.2) is 5.82 Å². The monoisotopic (exact) mass is 358 g/mol. The number of nitrogens with zero attached hydrogens (tertiary/aromatic N) is 3. The molecule has 1 saturated heterocycles. The van der Waals surface area contributed by atoms with Crippen LogP contribution < -0.4 is 0 Å². The summed E-state index contributed by atoms with van der Waals surface area (Å²) in [6, 6.07) is 8.78. The Morgan fingerprint density at radius 1 is 1.24 bits per heavy atom. The lowest BCUT2D eigenvalue weighted by Crippen LogP contribution is -2.50. The van der Waals surface area contributed by atoms with Gasteiger partial charge in [0.1, 0.15) is 0 Å². The number of hydrogen-bond acceptors (Lipinski definition) is 4. The number of piperidine rings is 1. The van der Waals surface area contributed by atoms with Gasteiger partial charge in [-0.05, 0) is 47.0 Å². The van der Waals surface area contributed by atoms with Crippen LogP contribution >= 0.6 is 11.8 Å². The topological polar surface area (TPSA) is 61.9 Å². The molecule has 6 heteroatoms. The number of benzene rings is 1. The molecule has 1 amide bonds. The fraction of sp³-hybridized carbons (Fsp3) is 0.526. The van der Waals surface area contributed by atoms with E-state index < -0.39 is 0 Å². The number of nitrogens with one attached hydrogen (secondary N) is 1. The van der Waals surface area contributed by atoms with E-state index in [9.17, 15) is 4.79 Å². The Hall–Kier alpha value is -1.82. The first-order valence-electron chi connectivity index (χ1n) is 8.94. The summed E-state index contributed by atoms with van der Waals surface area (Å²) < 4.78 is 0. The van der Waals surface area contributed by atoms with E-state index in [1.165, 1.54) is 23.7 Å². The van der Waals surface area contributed by atoms with E-state index in [0.717, 1.165) is 24.2 Å². The second-order valence-corrected chi connectivity index (χ2v) is 8.28. The maximum absolute atomic E-state index is 12.9. The van der Waals surface area contributed by atoms with E-state index in [1.54, 1.807) is 0 Å². The Morgan fingerprint density at radius 2 is 1.88 bits per heavy atom. The van der Waals surface area contributed by atoms with Crippen molar-refractivity contribution in [3.63, 3.8) is 0 Å².